The number of carboxylic acids is 1. The minimum absolute atomic E-state index is 0.0128. The fraction of sp³-hybridized carbons (Fsp3) is 0.529. The van der Waals surface area contributed by atoms with E-state index in [9.17, 15) is 14.7 Å². The molecule has 120 valence electrons. The molecule has 0 aliphatic carbocycles. The van der Waals surface area contributed by atoms with Gasteiger partial charge in [-0.05, 0) is 50.3 Å². The molecule has 1 saturated heterocycles. The van der Waals surface area contributed by atoms with E-state index in [4.69, 9.17) is 4.74 Å². The lowest BCUT2D eigenvalue weighted by molar-refractivity contribution is -0.312. The molecule has 2 rings (SSSR count). The standard InChI is InChI=1S/C17H23NO4/c1-11-4-5-12(2)16(13(11)3)22-10-15(19)18-8-6-14(7-9-18)17(20)21/h4-5,14H,6-10H2,1-3H3,(H,20,21)/p-1. The maximum atomic E-state index is 12.2. The van der Waals surface area contributed by atoms with Crippen molar-refractivity contribution in [3.8, 4) is 5.75 Å². The number of hydrogen-bond acceptors (Lipinski definition) is 4. The molecule has 0 aromatic heterocycles. The summed E-state index contributed by atoms with van der Waals surface area (Å²) in [6, 6.07) is 4.01. The van der Waals surface area contributed by atoms with Crippen LogP contribution in [0.15, 0.2) is 12.1 Å². The van der Waals surface area contributed by atoms with Crippen molar-refractivity contribution in [1.29, 1.82) is 0 Å². The Balaban J connectivity index is 1.92. The molecule has 1 aromatic carbocycles. The van der Waals surface area contributed by atoms with E-state index in [-0.39, 0.29) is 12.5 Å². The van der Waals surface area contributed by atoms with E-state index in [1.165, 1.54) is 0 Å². The number of carbonyl (C=O) groups excluding carboxylic acids is 2. The molecule has 0 spiro atoms. The Morgan fingerprint density at radius 3 is 2.36 bits per heavy atom. The van der Waals surface area contributed by atoms with Crippen LogP contribution in [0.3, 0.4) is 0 Å². The van der Waals surface area contributed by atoms with Gasteiger partial charge >= 0.3 is 0 Å². The fourth-order valence-corrected chi connectivity index (χ4v) is 2.74. The Bertz CT molecular complexity index is 574. The maximum Gasteiger partial charge on any atom is 0.260 e. The molecule has 1 aromatic rings. The van der Waals surface area contributed by atoms with Crippen LogP contribution in [0.5, 0.6) is 5.75 Å². The Hall–Kier alpha value is -2.04. The summed E-state index contributed by atoms with van der Waals surface area (Å²) in [7, 11) is 0. The Morgan fingerprint density at radius 1 is 1.18 bits per heavy atom. The fourth-order valence-electron chi connectivity index (χ4n) is 2.74. The first-order valence-corrected chi connectivity index (χ1v) is 7.58. The lowest BCUT2D eigenvalue weighted by Gasteiger charge is -2.32. The third-order valence-corrected chi connectivity index (χ3v) is 4.39. The summed E-state index contributed by atoms with van der Waals surface area (Å²) >= 11 is 0. The van der Waals surface area contributed by atoms with Crippen molar-refractivity contribution < 1.29 is 19.4 Å². The number of amides is 1. The molecule has 1 heterocycles. The number of aliphatic carboxylic acids is 1. The topological polar surface area (TPSA) is 69.7 Å². The van der Waals surface area contributed by atoms with Crippen molar-refractivity contribution in [3.63, 3.8) is 0 Å². The first kappa shape index (κ1) is 16.3. The first-order valence-electron chi connectivity index (χ1n) is 7.58. The molecule has 0 radical (unpaired) electrons. The van der Waals surface area contributed by atoms with Gasteiger partial charge in [0.25, 0.3) is 5.91 Å². The van der Waals surface area contributed by atoms with Gasteiger partial charge in [0, 0.05) is 25.0 Å². The molecule has 1 fully saturated rings. The van der Waals surface area contributed by atoms with Crippen LogP contribution in [-0.2, 0) is 9.59 Å². The molecule has 1 amide bonds. The molecule has 22 heavy (non-hydrogen) atoms. The molecule has 0 bridgehead atoms. The van der Waals surface area contributed by atoms with Gasteiger partial charge in [0.1, 0.15) is 5.75 Å². The second kappa shape index (κ2) is 6.81. The van der Waals surface area contributed by atoms with Gasteiger partial charge in [-0.25, -0.2) is 0 Å². The van der Waals surface area contributed by atoms with Gasteiger partial charge in [0.05, 0.1) is 0 Å². The van der Waals surface area contributed by atoms with E-state index < -0.39 is 11.9 Å². The van der Waals surface area contributed by atoms with E-state index in [0.717, 1.165) is 22.4 Å². The van der Waals surface area contributed by atoms with Crippen molar-refractivity contribution in [3.05, 3.63) is 28.8 Å². The molecule has 0 unspecified atom stereocenters. The highest BCUT2D eigenvalue weighted by atomic mass is 16.5. The van der Waals surface area contributed by atoms with Crippen LogP contribution in [0.25, 0.3) is 0 Å². The van der Waals surface area contributed by atoms with Crippen molar-refractivity contribution in [2.75, 3.05) is 19.7 Å². The maximum absolute atomic E-state index is 12.2. The zero-order valence-electron chi connectivity index (χ0n) is 13.3. The smallest absolute Gasteiger partial charge is 0.260 e. The number of piperidine rings is 1. The predicted molar refractivity (Wildman–Crippen MR) is 80.5 cm³/mol. The van der Waals surface area contributed by atoms with E-state index in [2.05, 4.69) is 0 Å². The summed E-state index contributed by atoms with van der Waals surface area (Å²) in [6.07, 6.45) is 0.910. The highest BCUT2D eigenvalue weighted by molar-refractivity contribution is 5.78. The number of carboxylic acid groups (broad SMARTS) is 1. The number of carbonyl (C=O) groups is 2. The molecule has 1 aliphatic heterocycles. The number of hydrogen-bond donors (Lipinski definition) is 0. The van der Waals surface area contributed by atoms with Gasteiger partial charge in [-0.3, -0.25) is 4.79 Å². The third kappa shape index (κ3) is 3.59. The lowest BCUT2D eigenvalue weighted by Crippen LogP contribution is -2.45. The van der Waals surface area contributed by atoms with Crippen LogP contribution in [0.4, 0.5) is 0 Å². The van der Waals surface area contributed by atoms with E-state index >= 15 is 0 Å². The third-order valence-electron chi connectivity index (χ3n) is 4.39. The SMILES string of the molecule is Cc1ccc(C)c(OCC(=O)N2CCC(C(=O)[O-])CC2)c1C. The summed E-state index contributed by atoms with van der Waals surface area (Å²) in [4.78, 5) is 24.7. The van der Waals surface area contributed by atoms with Crippen LogP contribution < -0.4 is 9.84 Å². The van der Waals surface area contributed by atoms with Crippen molar-refractivity contribution in [1.82, 2.24) is 4.90 Å². The Morgan fingerprint density at radius 2 is 1.77 bits per heavy atom. The molecular weight excluding hydrogens is 282 g/mol. The van der Waals surface area contributed by atoms with Crippen molar-refractivity contribution in [2.24, 2.45) is 5.92 Å². The zero-order valence-corrected chi connectivity index (χ0v) is 13.3. The van der Waals surface area contributed by atoms with Crippen LogP contribution in [-0.4, -0.2) is 36.5 Å². The lowest BCUT2D eigenvalue weighted by atomic mass is 9.97. The van der Waals surface area contributed by atoms with Gasteiger partial charge in [-0.2, -0.15) is 0 Å². The van der Waals surface area contributed by atoms with Crippen molar-refractivity contribution in [2.45, 2.75) is 33.6 Å². The second-order valence-corrected chi connectivity index (χ2v) is 5.92. The molecule has 5 heteroatoms. The van der Waals surface area contributed by atoms with Gasteiger partial charge in [0.15, 0.2) is 6.61 Å². The summed E-state index contributed by atoms with van der Waals surface area (Å²) in [5, 5.41) is 10.8. The van der Waals surface area contributed by atoms with Gasteiger partial charge in [-0.15, -0.1) is 0 Å². The molecule has 5 nitrogen and oxygen atoms in total. The second-order valence-electron chi connectivity index (χ2n) is 5.92. The number of rotatable bonds is 4. The highest BCUT2D eigenvalue weighted by Crippen LogP contribution is 2.26. The molecular formula is C17H22NO4-. The minimum atomic E-state index is -1.02. The van der Waals surface area contributed by atoms with Gasteiger partial charge in [-0.1, -0.05) is 12.1 Å². The average molecular weight is 304 g/mol. The average Bonchev–Trinajstić information content (AvgIpc) is 2.51. The Labute approximate surface area is 130 Å². The molecule has 0 atom stereocenters. The number of ether oxygens (including phenoxy) is 1. The highest BCUT2D eigenvalue weighted by Gasteiger charge is 2.23. The number of likely N-dealkylation sites (tertiary alicyclic amines) is 1. The summed E-state index contributed by atoms with van der Waals surface area (Å²) in [5.41, 5.74) is 3.18. The molecule has 1 aliphatic rings. The van der Waals surface area contributed by atoms with Crippen molar-refractivity contribution >= 4 is 11.9 Å². The predicted octanol–water partition coefficient (Wildman–Crippen LogP) is 0.979. The number of aryl methyl sites for hydroxylation is 2. The quantitative estimate of drug-likeness (QED) is 0.831. The summed E-state index contributed by atoms with van der Waals surface area (Å²) < 4.78 is 5.72. The van der Waals surface area contributed by atoms with Crippen LogP contribution in [0, 0.1) is 26.7 Å². The zero-order chi connectivity index (χ0) is 16.3. The number of benzene rings is 1. The van der Waals surface area contributed by atoms with Gasteiger partial charge in [0.2, 0.25) is 0 Å². The van der Waals surface area contributed by atoms with Crippen LogP contribution >= 0.6 is 0 Å². The largest absolute Gasteiger partial charge is 0.550 e. The Kier molecular flexibility index (Phi) is 5.06. The first-order chi connectivity index (χ1) is 10.4. The van der Waals surface area contributed by atoms with E-state index in [1.807, 2.05) is 32.9 Å². The monoisotopic (exact) mass is 304 g/mol. The van der Waals surface area contributed by atoms with Gasteiger partial charge < -0.3 is 19.5 Å². The summed E-state index contributed by atoms with van der Waals surface area (Å²) in [5.74, 6) is -0.796. The van der Waals surface area contributed by atoms with Crippen LogP contribution in [0.1, 0.15) is 29.5 Å². The number of nitrogens with zero attached hydrogens (tertiary/aromatic N) is 1. The molecule has 0 N–H and O–H groups in total. The molecule has 0 saturated carbocycles. The van der Waals surface area contributed by atoms with E-state index in [1.54, 1.807) is 4.90 Å². The minimum Gasteiger partial charge on any atom is -0.550 e. The van der Waals surface area contributed by atoms with E-state index in [0.29, 0.717) is 25.9 Å². The van der Waals surface area contributed by atoms with Crippen LogP contribution in [0.2, 0.25) is 0 Å². The normalized spacial score (nSPS) is 15.7. The summed E-state index contributed by atoms with van der Waals surface area (Å²) in [6.45, 7) is 6.83.